The van der Waals surface area contributed by atoms with Crippen LogP contribution in [0, 0.1) is 5.92 Å². The Morgan fingerprint density at radius 3 is 2.45 bits per heavy atom. The highest BCUT2D eigenvalue weighted by atomic mass is 16.3. The minimum absolute atomic E-state index is 0.116. The largest absolute Gasteiger partial charge is 0.393 e. The maximum atomic E-state index is 9.18. The van der Waals surface area contributed by atoms with E-state index in [9.17, 15) is 5.11 Å². The maximum Gasteiger partial charge on any atom is 0.0549 e. The first-order valence-corrected chi connectivity index (χ1v) is 4.55. The summed E-state index contributed by atoms with van der Waals surface area (Å²) in [6.07, 6.45) is 1.63. The third-order valence-electron chi connectivity index (χ3n) is 1.68. The van der Waals surface area contributed by atoms with Crippen molar-refractivity contribution >= 4 is 0 Å². The summed E-state index contributed by atoms with van der Waals surface area (Å²) >= 11 is 0. The van der Waals surface area contributed by atoms with Gasteiger partial charge in [0.2, 0.25) is 0 Å². The van der Waals surface area contributed by atoms with Crippen LogP contribution in [-0.2, 0) is 0 Å². The third kappa shape index (κ3) is 7.82. The zero-order valence-corrected chi connectivity index (χ0v) is 7.93. The molecule has 11 heavy (non-hydrogen) atoms. The van der Waals surface area contributed by atoms with E-state index >= 15 is 0 Å². The average molecular weight is 159 g/mol. The molecule has 1 unspecified atom stereocenters. The van der Waals surface area contributed by atoms with Crippen LogP contribution >= 0.6 is 0 Å². The zero-order valence-electron chi connectivity index (χ0n) is 7.93. The second-order valence-electron chi connectivity index (χ2n) is 3.45. The first-order valence-electron chi connectivity index (χ1n) is 4.55. The van der Waals surface area contributed by atoms with Crippen LogP contribution in [0.2, 0.25) is 0 Å². The highest BCUT2D eigenvalue weighted by molar-refractivity contribution is 4.56. The van der Waals surface area contributed by atoms with Crippen molar-refractivity contribution in [3.63, 3.8) is 0 Å². The molecule has 0 saturated heterocycles. The van der Waals surface area contributed by atoms with E-state index < -0.39 is 0 Å². The van der Waals surface area contributed by atoms with E-state index in [1.165, 1.54) is 0 Å². The number of nitrogens with one attached hydrogen (secondary N) is 1. The van der Waals surface area contributed by atoms with Crippen LogP contribution in [-0.4, -0.2) is 24.3 Å². The van der Waals surface area contributed by atoms with Crippen molar-refractivity contribution in [2.75, 3.05) is 13.1 Å². The van der Waals surface area contributed by atoms with Gasteiger partial charge in [-0.2, -0.15) is 0 Å². The Hall–Kier alpha value is -0.0800. The maximum absolute atomic E-state index is 9.18. The molecule has 0 fully saturated rings. The SMILES string of the molecule is CCC(O)CCNCC(C)C. The first kappa shape index (κ1) is 10.9. The van der Waals surface area contributed by atoms with E-state index in [1.807, 2.05) is 6.92 Å². The van der Waals surface area contributed by atoms with Gasteiger partial charge in [-0.3, -0.25) is 0 Å². The summed E-state index contributed by atoms with van der Waals surface area (Å²) in [5, 5.41) is 12.5. The van der Waals surface area contributed by atoms with Gasteiger partial charge in [0.05, 0.1) is 6.10 Å². The molecule has 0 heterocycles. The number of hydrogen-bond donors (Lipinski definition) is 2. The molecule has 0 aromatic heterocycles. The standard InChI is InChI=1S/C9H21NO/c1-4-9(11)5-6-10-7-8(2)3/h8-11H,4-7H2,1-3H3. The number of rotatable bonds is 6. The Kier molecular flexibility index (Phi) is 6.57. The topological polar surface area (TPSA) is 32.3 Å². The highest BCUT2D eigenvalue weighted by Gasteiger charge is 1.99. The Bertz CT molecular complexity index is 83.6. The van der Waals surface area contributed by atoms with Crippen molar-refractivity contribution in [3.05, 3.63) is 0 Å². The summed E-state index contributed by atoms with van der Waals surface area (Å²) in [6, 6.07) is 0. The third-order valence-corrected chi connectivity index (χ3v) is 1.68. The molecule has 0 aromatic rings. The van der Waals surface area contributed by atoms with Gasteiger partial charge >= 0.3 is 0 Å². The predicted molar refractivity (Wildman–Crippen MR) is 48.6 cm³/mol. The summed E-state index contributed by atoms with van der Waals surface area (Å²) in [7, 11) is 0. The monoisotopic (exact) mass is 159 g/mol. The molecule has 0 rings (SSSR count). The quantitative estimate of drug-likeness (QED) is 0.574. The van der Waals surface area contributed by atoms with Crippen molar-refractivity contribution in [2.24, 2.45) is 5.92 Å². The molecule has 2 nitrogen and oxygen atoms in total. The summed E-state index contributed by atoms with van der Waals surface area (Å²) in [5.41, 5.74) is 0. The van der Waals surface area contributed by atoms with Crippen molar-refractivity contribution < 1.29 is 5.11 Å². The summed E-state index contributed by atoms with van der Waals surface area (Å²) < 4.78 is 0. The summed E-state index contributed by atoms with van der Waals surface area (Å²) in [6.45, 7) is 8.36. The van der Waals surface area contributed by atoms with Crippen LogP contribution in [0.3, 0.4) is 0 Å². The Labute approximate surface area is 70.0 Å². The fourth-order valence-corrected chi connectivity index (χ4v) is 0.864. The molecule has 68 valence electrons. The van der Waals surface area contributed by atoms with Gasteiger partial charge in [-0.1, -0.05) is 20.8 Å². The fraction of sp³-hybridized carbons (Fsp3) is 1.00. The number of aliphatic hydroxyl groups is 1. The van der Waals surface area contributed by atoms with Crippen LogP contribution in [0.25, 0.3) is 0 Å². The molecule has 0 saturated carbocycles. The van der Waals surface area contributed by atoms with Crippen LogP contribution in [0.15, 0.2) is 0 Å². The van der Waals surface area contributed by atoms with Crippen molar-refractivity contribution in [1.29, 1.82) is 0 Å². The minimum Gasteiger partial charge on any atom is -0.393 e. The lowest BCUT2D eigenvalue weighted by molar-refractivity contribution is 0.159. The molecule has 0 radical (unpaired) electrons. The second kappa shape index (κ2) is 6.62. The molecule has 1 atom stereocenters. The van der Waals surface area contributed by atoms with Crippen molar-refractivity contribution in [3.8, 4) is 0 Å². The van der Waals surface area contributed by atoms with Crippen LogP contribution in [0.4, 0.5) is 0 Å². The lowest BCUT2D eigenvalue weighted by atomic mass is 10.2. The molecule has 0 aliphatic rings. The average Bonchev–Trinajstić information content (AvgIpc) is 1.97. The van der Waals surface area contributed by atoms with E-state index in [-0.39, 0.29) is 6.10 Å². The molecule has 0 amide bonds. The molecular formula is C9H21NO. The molecule has 0 spiro atoms. The normalized spacial score (nSPS) is 13.9. The second-order valence-corrected chi connectivity index (χ2v) is 3.45. The fourth-order valence-electron chi connectivity index (χ4n) is 0.864. The van der Waals surface area contributed by atoms with E-state index in [1.54, 1.807) is 0 Å². The van der Waals surface area contributed by atoms with Gasteiger partial charge in [0.25, 0.3) is 0 Å². The molecule has 0 aliphatic carbocycles. The van der Waals surface area contributed by atoms with Crippen LogP contribution in [0.1, 0.15) is 33.6 Å². The van der Waals surface area contributed by atoms with Gasteiger partial charge < -0.3 is 10.4 Å². The number of hydrogen-bond acceptors (Lipinski definition) is 2. The predicted octanol–water partition coefficient (Wildman–Crippen LogP) is 1.39. The lowest BCUT2D eigenvalue weighted by Gasteiger charge is -2.09. The van der Waals surface area contributed by atoms with Gasteiger partial charge in [0.1, 0.15) is 0 Å². The molecule has 0 aromatic carbocycles. The van der Waals surface area contributed by atoms with Crippen molar-refractivity contribution in [2.45, 2.75) is 39.7 Å². The van der Waals surface area contributed by atoms with Gasteiger partial charge in [-0.25, -0.2) is 0 Å². The van der Waals surface area contributed by atoms with Gasteiger partial charge in [-0.05, 0) is 31.8 Å². The van der Waals surface area contributed by atoms with E-state index in [2.05, 4.69) is 19.2 Å². The van der Waals surface area contributed by atoms with Gasteiger partial charge in [-0.15, -0.1) is 0 Å². The van der Waals surface area contributed by atoms with E-state index in [0.717, 1.165) is 25.9 Å². The van der Waals surface area contributed by atoms with Gasteiger partial charge in [0.15, 0.2) is 0 Å². The van der Waals surface area contributed by atoms with E-state index in [4.69, 9.17) is 0 Å². The van der Waals surface area contributed by atoms with Crippen molar-refractivity contribution in [1.82, 2.24) is 5.32 Å². The molecule has 2 N–H and O–H groups in total. The summed E-state index contributed by atoms with van der Waals surface area (Å²) in [4.78, 5) is 0. The van der Waals surface area contributed by atoms with E-state index in [0.29, 0.717) is 5.92 Å². The highest BCUT2D eigenvalue weighted by Crippen LogP contribution is 1.94. The van der Waals surface area contributed by atoms with Gasteiger partial charge in [0, 0.05) is 0 Å². The smallest absolute Gasteiger partial charge is 0.0549 e. The minimum atomic E-state index is -0.116. The molecule has 2 heteroatoms. The first-order chi connectivity index (χ1) is 5.16. The Morgan fingerprint density at radius 2 is 2.00 bits per heavy atom. The zero-order chi connectivity index (χ0) is 8.69. The Morgan fingerprint density at radius 1 is 1.36 bits per heavy atom. The van der Waals surface area contributed by atoms with Crippen LogP contribution < -0.4 is 5.32 Å². The lowest BCUT2D eigenvalue weighted by Crippen LogP contribution is -2.23. The number of aliphatic hydroxyl groups excluding tert-OH is 1. The van der Waals surface area contributed by atoms with Crippen LogP contribution in [0.5, 0.6) is 0 Å². The molecule has 0 aliphatic heterocycles. The molecular weight excluding hydrogens is 138 g/mol. The molecule has 0 bridgehead atoms. The Balaban J connectivity index is 3.01. The summed E-state index contributed by atoms with van der Waals surface area (Å²) in [5.74, 6) is 0.703.